The lowest BCUT2D eigenvalue weighted by atomic mass is 10.2. The van der Waals surface area contributed by atoms with E-state index in [1.165, 1.54) is 0 Å². The minimum absolute atomic E-state index is 0.229. The molecule has 0 unspecified atom stereocenters. The molecule has 31 heavy (non-hydrogen) atoms. The van der Waals surface area contributed by atoms with Crippen LogP contribution in [0.3, 0.4) is 0 Å². The summed E-state index contributed by atoms with van der Waals surface area (Å²) in [7, 11) is 1.55. The Bertz CT molecular complexity index is 1020. The van der Waals surface area contributed by atoms with Crippen molar-refractivity contribution in [3.63, 3.8) is 0 Å². The number of rotatable bonds is 9. The van der Waals surface area contributed by atoms with Gasteiger partial charge in [-0.15, -0.1) is 0 Å². The van der Waals surface area contributed by atoms with Crippen LogP contribution in [0, 0.1) is 13.8 Å². The second kappa shape index (κ2) is 10.3. The Labute approximate surface area is 180 Å². The van der Waals surface area contributed by atoms with Crippen molar-refractivity contribution in [3.8, 4) is 11.5 Å². The number of methoxy groups -OCH3 is 1. The van der Waals surface area contributed by atoms with Crippen LogP contribution < -0.4 is 20.1 Å². The van der Waals surface area contributed by atoms with Gasteiger partial charge in [0, 0.05) is 24.2 Å². The molecule has 0 aliphatic carbocycles. The first kappa shape index (κ1) is 21.9. The third kappa shape index (κ3) is 5.85. The van der Waals surface area contributed by atoms with E-state index in [4.69, 9.17) is 14.0 Å². The molecule has 0 saturated heterocycles. The van der Waals surface area contributed by atoms with Gasteiger partial charge in [0.2, 0.25) is 0 Å². The SMILES string of the molecule is COc1cccc(C(=O)NCCNC(=O)c2ccc(OCc3c(C)noc3C)cc2)c1. The summed E-state index contributed by atoms with van der Waals surface area (Å²) in [4.78, 5) is 24.4. The van der Waals surface area contributed by atoms with Gasteiger partial charge in [0.15, 0.2) is 0 Å². The van der Waals surface area contributed by atoms with Crippen LogP contribution in [0.15, 0.2) is 53.1 Å². The number of benzene rings is 2. The summed E-state index contributed by atoms with van der Waals surface area (Å²) < 4.78 is 16.0. The molecule has 8 heteroatoms. The lowest BCUT2D eigenvalue weighted by molar-refractivity contribution is 0.0927. The summed E-state index contributed by atoms with van der Waals surface area (Å²) in [6.45, 7) is 4.66. The molecule has 1 aromatic heterocycles. The maximum absolute atomic E-state index is 12.3. The summed E-state index contributed by atoms with van der Waals surface area (Å²) in [6, 6.07) is 13.7. The molecular formula is C23H25N3O5. The van der Waals surface area contributed by atoms with E-state index in [9.17, 15) is 9.59 Å². The standard InChI is InChI=1S/C23H25N3O5/c1-15-21(16(2)31-26-15)14-30-19-9-7-17(8-10-19)22(27)24-11-12-25-23(28)18-5-4-6-20(13-18)29-3/h4-10,13H,11-12,14H2,1-3H3,(H,24,27)(H,25,28). The van der Waals surface area contributed by atoms with Gasteiger partial charge in [-0.1, -0.05) is 11.2 Å². The van der Waals surface area contributed by atoms with E-state index in [1.807, 2.05) is 13.8 Å². The molecule has 2 aromatic carbocycles. The van der Waals surface area contributed by atoms with Gasteiger partial charge in [-0.05, 0) is 56.3 Å². The van der Waals surface area contributed by atoms with Crippen molar-refractivity contribution < 1.29 is 23.6 Å². The molecule has 0 aliphatic heterocycles. The zero-order valence-corrected chi connectivity index (χ0v) is 17.7. The monoisotopic (exact) mass is 423 g/mol. The molecule has 0 saturated carbocycles. The zero-order valence-electron chi connectivity index (χ0n) is 17.7. The first-order valence-corrected chi connectivity index (χ1v) is 9.83. The van der Waals surface area contributed by atoms with E-state index < -0.39 is 0 Å². The molecule has 0 aliphatic rings. The second-order valence-corrected chi connectivity index (χ2v) is 6.86. The van der Waals surface area contributed by atoms with E-state index in [-0.39, 0.29) is 11.8 Å². The molecule has 1 heterocycles. The number of hydrogen-bond acceptors (Lipinski definition) is 6. The predicted molar refractivity (Wildman–Crippen MR) is 114 cm³/mol. The highest BCUT2D eigenvalue weighted by molar-refractivity contribution is 5.95. The Morgan fingerprint density at radius 2 is 1.61 bits per heavy atom. The highest BCUT2D eigenvalue weighted by Crippen LogP contribution is 2.18. The van der Waals surface area contributed by atoms with Crippen molar-refractivity contribution in [2.45, 2.75) is 20.5 Å². The van der Waals surface area contributed by atoms with Gasteiger partial charge in [0.25, 0.3) is 11.8 Å². The number of ether oxygens (including phenoxy) is 2. The van der Waals surface area contributed by atoms with Crippen LogP contribution in [0.25, 0.3) is 0 Å². The van der Waals surface area contributed by atoms with Crippen molar-refractivity contribution in [3.05, 3.63) is 76.7 Å². The van der Waals surface area contributed by atoms with Crippen molar-refractivity contribution >= 4 is 11.8 Å². The van der Waals surface area contributed by atoms with E-state index in [0.29, 0.717) is 42.3 Å². The van der Waals surface area contributed by atoms with E-state index >= 15 is 0 Å². The predicted octanol–water partition coefficient (Wildman–Crippen LogP) is 3.04. The van der Waals surface area contributed by atoms with Crippen LogP contribution in [0.5, 0.6) is 11.5 Å². The van der Waals surface area contributed by atoms with Crippen molar-refractivity contribution in [2.75, 3.05) is 20.2 Å². The molecule has 0 fully saturated rings. The average molecular weight is 423 g/mol. The van der Waals surface area contributed by atoms with Crippen LogP contribution in [-0.2, 0) is 6.61 Å². The van der Waals surface area contributed by atoms with Gasteiger partial charge in [-0.25, -0.2) is 0 Å². The Kier molecular flexibility index (Phi) is 7.26. The number of carbonyl (C=O) groups excluding carboxylic acids is 2. The minimum Gasteiger partial charge on any atom is -0.497 e. The van der Waals surface area contributed by atoms with Gasteiger partial charge in [0.05, 0.1) is 18.4 Å². The third-order valence-corrected chi connectivity index (χ3v) is 4.71. The van der Waals surface area contributed by atoms with E-state index in [1.54, 1.807) is 55.6 Å². The van der Waals surface area contributed by atoms with Gasteiger partial charge in [0.1, 0.15) is 23.9 Å². The van der Waals surface area contributed by atoms with Gasteiger partial charge in [-0.3, -0.25) is 9.59 Å². The van der Waals surface area contributed by atoms with Crippen LogP contribution in [0.4, 0.5) is 0 Å². The molecule has 0 radical (unpaired) electrons. The highest BCUT2D eigenvalue weighted by atomic mass is 16.5. The smallest absolute Gasteiger partial charge is 0.251 e. The number of aryl methyl sites for hydroxylation is 2. The number of carbonyl (C=O) groups is 2. The van der Waals surface area contributed by atoms with Crippen LogP contribution in [-0.4, -0.2) is 37.2 Å². The fourth-order valence-electron chi connectivity index (χ4n) is 2.89. The van der Waals surface area contributed by atoms with Crippen molar-refractivity contribution in [1.82, 2.24) is 15.8 Å². The molecule has 0 bridgehead atoms. The zero-order chi connectivity index (χ0) is 22.2. The lowest BCUT2D eigenvalue weighted by Crippen LogP contribution is -2.34. The van der Waals surface area contributed by atoms with Crippen LogP contribution in [0.1, 0.15) is 37.7 Å². The molecule has 0 spiro atoms. The van der Waals surface area contributed by atoms with E-state index in [0.717, 1.165) is 17.0 Å². The Morgan fingerprint density at radius 3 is 2.23 bits per heavy atom. The van der Waals surface area contributed by atoms with Gasteiger partial charge >= 0.3 is 0 Å². The number of aromatic nitrogens is 1. The van der Waals surface area contributed by atoms with Crippen molar-refractivity contribution in [1.29, 1.82) is 0 Å². The minimum atomic E-state index is -0.229. The maximum atomic E-state index is 12.3. The van der Waals surface area contributed by atoms with Crippen LogP contribution >= 0.6 is 0 Å². The fourth-order valence-corrected chi connectivity index (χ4v) is 2.89. The van der Waals surface area contributed by atoms with E-state index in [2.05, 4.69) is 15.8 Å². The fraction of sp³-hybridized carbons (Fsp3) is 0.261. The summed E-state index contributed by atoms with van der Waals surface area (Å²) in [5.41, 5.74) is 2.71. The number of hydrogen-bond donors (Lipinski definition) is 2. The summed E-state index contributed by atoms with van der Waals surface area (Å²) in [5.74, 6) is 1.52. The maximum Gasteiger partial charge on any atom is 0.251 e. The van der Waals surface area contributed by atoms with Crippen molar-refractivity contribution in [2.24, 2.45) is 0 Å². The molecule has 2 N–H and O–H groups in total. The number of amides is 2. The van der Waals surface area contributed by atoms with Gasteiger partial charge in [-0.2, -0.15) is 0 Å². The van der Waals surface area contributed by atoms with Crippen LogP contribution in [0.2, 0.25) is 0 Å². The summed E-state index contributed by atoms with van der Waals surface area (Å²) >= 11 is 0. The number of nitrogens with one attached hydrogen (secondary N) is 2. The molecule has 3 aromatic rings. The molecule has 0 atom stereocenters. The largest absolute Gasteiger partial charge is 0.497 e. The molecule has 162 valence electrons. The lowest BCUT2D eigenvalue weighted by Gasteiger charge is -2.09. The quantitative estimate of drug-likeness (QED) is 0.513. The first-order chi connectivity index (χ1) is 15.0. The molecular weight excluding hydrogens is 398 g/mol. The van der Waals surface area contributed by atoms with Gasteiger partial charge < -0.3 is 24.6 Å². The Morgan fingerprint density at radius 1 is 0.935 bits per heavy atom. The average Bonchev–Trinajstić information content (AvgIpc) is 3.12. The molecule has 2 amide bonds. The second-order valence-electron chi connectivity index (χ2n) is 6.86. The summed E-state index contributed by atoms with van der Waals surface area (Å²) in [6.07, 6.45) is 0. The third-order valence-electron chi connectivity index (χ3n) is 4.71. The Hall–Kier alpha value is -3.81. The molecule has 3 rings (SSSR count). The molecule has 8 nitrogen and oxygen atoms in total. The normalized spacial score (nSPS) is 10.4. The summed E-state index contributed by atoms with van der Waals surface area (Å²) in [5, 5.41) is 9.44. The number of nitrogens with zero attached hydrogens (tertiary/aromatic N) is 1. The first-order valence-electron chi connectivity index (χ1n) is 9.83. The highest BCUT2D eigenvalue weighted by Gasteiger charge is 2.11. The Balaban J connectivity index is 1.42. The topological polar surface area (TPSA) is 103 Å².